The minimum Gasteiger partial charge on any atom is -0.329 e. The summed E-state index contributed by atoms with van der Waals surface area (Å²) in [6.45, 7) is 0.154. The molecule has 0 aliphatic carbocycles. The lowest BCUT2D eigenvalue weighted by atomic mass is 10.1. The van der Waals surface area contributed by atoms with Crippen LogP contribution >= 0.6 is 0 Å². The van der Waals surface area contributed by atoms with Crippen LogP contribution in [0.25, 0.3) is 0 Å². The lowest BCUT2D eigenvalue weighted by molar-refractivity contribution is -0.124. The van der Waals surface area contributed by atoms with Crippen molar-refractivity contribution in [1.29, 1.82) is 0 Å². The number of nitrogens with one attached hydrogen (secondary N) is 2. The van der Waals surface area contributed by atoms with Gasteiger partial charge < -0.3 is 5.32 Å². The van der Waals surface area contributed by atoms with E-state index in [4.69, 9.17) is 0 Å². The molecule has 2 aromatic rings. The molecule has 3 rings (SSSR count). The molecule has 0 radical (unpaired) electrons. The van der Waals surface area contributed by atoms with E-state index in [-0.39, 0.29) is 19.0 Å². The van der Waals surface area contributed by atoms with Crippen molar-refractivity contribution in [2.24, 2.45) is 5.10 Å². The van der Waals surface area contributed by atoms with Crippen LogP contribution in [0.15, 0.2) is 65.8 Å². The molecule has 0 atom stereocenters. The van der Waals surface area contributed by atoms with Gasteiger partial charge >= 0.3 is 6.03 Å². The number of urea groups is 1. The summed E-state index contributed by atoms with van der Waals surface area (Å²) in [5.41, 5.74) is 5.26. The van der Waals surface area contributed by atoms with Crippen molar-refractivity contribution in [3.63, 3.8) is 0 Å². The van der Waals surface area contributed by atoms with Crippen LogP contribution in [0.4, 0.5) is 10.5 Å². The number of carbonyl (C=O) groups excluding carboxylic acids is 2. The third-order valence-corrected chi connectivity index (χ3v) is 3.45. The highest BCUT2D eigenvalue weighted by Gasteiger charge is 2.29. The van der Waals surface area contributed by atoms with Gasteiger partial charge in [-0.3, -0.25) is 15.1 Å². The number of amides is 3. The first-order valence-corrected chi connectivity index (χ1v) is 7.25. The first kappa shape index (κ1) is 14.8. The molecular formula is C17H16N4O2. The number of carbonyl (C=O) groups is 2. The minimum atomic E-state index is -0.390. The highest BCUT2D eigenvalue weighted by molar-refractivity contribution is 6.09. The third kappa shape index (κ3) is 3.55. The highest BCUT2D eigenvalue weighted by atomic mass is 16.2. The van der Waals surface area contributed by atoms with E-state index in [0.29, 0.717) is 5.71 Å². The SMILES string of the molecule is O=C1CNC(=O)N1C/C(=N/Nc1ccccc1)c1ccccc1. The average Bonchev–Trinajstić information content (AvgIpc) is 2.92. The van der Waals surface area contributed by atoms with Crippen molar-refractivity contribution >= 4 is 23.3 Å². The quantitative estimate of drug-likeness (QED) is 0.504. The van der Waals surface area contributed by atoms with Gasteiger partial charge in [0.2, 0.25) is 5.91 Å². The Hall–Kier alpha value is -3.15. The van der Waals surface area contributed by atoms with E-state index >= 15 is 0 Å². The smallest absolute Gasteiger partial charge is 0.324 e. The second-order valence-corrected chi connectivity index (χ2v) is 5.04. The van der Waals surface area contributed by atoms with Crippen molar-refractivity contribution in [3.8, 4) is 0 Å². The molecule has 2 N–H and O–H groups in total. The summed E-state index contributed by atoms with van der Waals surface area (Å²) in [7, 11) is 0. The summed E-state index contributed by atoms with van der Waals surface area (Å²) in [5, 5.41) is 6.90. The number of anilines is 1. The Labute approximate surface area is 133 Å². The highest BCUT2D eigenvalue weighted by Crippen LogP contribution is 2.09. The summed E-state index contributed by atoms with van der Waals surface area (Å²) >= 11 is 0. The van der Waals surface area contributed by atoms with Crippen LogP contribution in [0.1, 0.15) is 5.56 Å². The zero-order valence-corrected chi connectivity index (χ0v) is 12.4. The van der Waals surface area contributed by atoms with E-state index < -0.39 is 6.03 Å². The molecule has 1 heterocycles. The van der Waals surface area contributed by atoms with Crippen molar-refractivity contribution in [3.05, 3.63) is 66.2 Å². The Morgan fingerprint density at radius 1 is 1.04 bits per heavy atom. The number of hydrogen-bond acceptors (Lipinski definition) is 4. The molecule has 0 aromatic heterocycles. The molecular weight excluding hydrogens is 292 g/mol. The van der Waals surface area contributed by atoms with Gasteiger partial charge in [-0.2, -0.15) is 5.10 Å². The van der Waals surface area contributed by atoms with Gasteiger partial charge in [0.25, 0.3) is 0 Å². The zero-order valence-electron chi connectivity index (χ0n) is 12.4. The molecule has 6 nitrogen and oxygen atoms in total. The molecule has 3 amide bonds. The largest absolute Gasteiger partial charge is 0.329 e. The molecule has 1 saturated heterocycles. The van der Waals surface area contributed by atoms with E-state index in [1.807, 2.05) is 60.7 Å². The summed E-state index contributed by atoms with van der Waals surface area (Å²) in [6.07, 6.45) is 0. The second kappa shape index (κ2) is 6.74. The predicted molar refractivity (Wildman–Crippen MR) is 88.2 cm³/mol. The number of nitrogens with zero attached hydrogens (tertiary/aromatic N) is 2. The van der Waals surface area contributed by atoms with Crippen LogP contribution in [-0.4, -0.2) is 35.6 Å². The van der Waals surface area contributed by atoms with Gasteiger partial charge in [-0.15, -0.1) is 0 Å². The van der Waals surface area contributed by atoms with Crippen LogP contribution in [0.5, 0.6) is 0 Å². The van der Waals surface area contributed by atoms with Crippen LogP contribution in [0.3, 0.4) is 0 Å². The van der Waals surface area contributed by atoms with Crippen molar-refractivity contribution in [2.75, 3.05) is 18.5 Å². The number of rotatable bonds is 5. The molecule has 116 valence electrons. The lowest BCUT2D eigenvalue weighted by Gasteiger charge is -2.15. The van der Waals surface area contributed by atoms with E-state index in [9.17, 15) is 9.59 Å². The van der Waals surface area contributed by atoms with Gasteiger partial charge in [0, 0.05) is 0 Å². The minimum absolute atomic E-state index is 0.0347. The molecule has 6 heteroatoms. The van der Waals surface area contributed by atoms with Gasteiger partial charge in [-0.1, -0.05) is 48.5 Å². The molecule has 1 aliphatic heterocycles. The van der Waals surface area contributed by atoms with Gasteiger partial charge in [-0.25, -0.2) is 4.79 Å². The van der Waals surface area contributed by atoms with Crippen LogP contribution in [0.2, 0.25) is 0 Å². The van der Waals surface area contributed by atoms with Crippen LogP contribution in [-0.2, 0) is 4.79 Å². The van der Waals surface area contributed by atoms with Crippen molar-refractivity contribution < 1.29 is 9.59 Å². The molecule has 1 aliphatic rings. The molecule has 0 unspecified atom stereocenters. The number of para-hydroxylation sites is 1. The fourth-order valence-electron chi connectivity index (χ4n) is 2.23. The van der Waals surface area contributed by atoms with Gasteiger partial charge in [-0.05, 0) is 17.7 Å². The fraction of sp³-hybridized carbons (Fsp3) is 0.118. The maximum Gasteiger partial charge on any atom is 0.324 e. The Morgan fingerprint density at radius 2 is 1.70 bits per heavy atom. The predicted octanol–water partition coefficient (Wildman–Crippen LogP) is 2.05. The Balaban J connectivity index is 1.85. The van der Waals surface area contributed by atoms with Gasteiger partial charge in [0.15, 0.2) is 0 Å². The molecule has 23 heavy (non-hydrogen) atoms. The van der Waals surface area contributed by atoms with Crippen molar-refractivity contribution in [1.82, 2.24) is 10.2 Å². The number of hydrogen-bond donors (Lipinski definition) is 2. The normalized spacial score (nSPS) is 14.8. The maximum atomic E-state index is 11.8. The first-order valence-electron chi connectivity index (χ1n) is 7.25. The summed E-state index contributed by atoms with van der Waals surface area (Å²) in [6, 6.07) is 18.6. The molecule has 1 fully saturated rings. The monoisotopic (exact) mass is 308 g/mol. The van der Waals surface area contributed by atoms with Crippen LogP contribution in [0, 0.1) is 0 Å². The topological polar surface area (TPSA) is 73.8 Å². The maximum absolute atomic E-state index is 11.8. The van der Waals surface area contributed by atoms with Crippen molar-refractivity contribution in [2.45, 2.75) is 0 Å². The molecule has 0 saturated carbocycles. The Bertz CT molecular complexity index is 713. The molecule has 0 bridgehead atoms. The van der Waals surface area contributed by atoms with E-state index in [2.05, 4.69) is 15.8 Å². The number of benzene rings is 2. The standard InChI is InChI=1S/C17H16N4O2/c22-16-11-18-17(23)21(16)12-15(13-7-3-1-4-8-13)20-19-14-9-5-2-6-10-14/h1-10,19H,11-12H2,(H,18,23)/b20-15-. The number of imide groups is 1. The third-order valence-electron chi connectivity index (χ3n) is 3.45. The van der Waals surface area contributed by atoms with Gasteiger partial charge in [0.05, 0.1) is 24.5 Å². The summed E-state index contributed by atoms with van der Waals surface area (Å²) in [4.78, 5) is 24.7. The second-order valence-electron chi connectivity index (χ2n) is 5.04. The average molecular weight is 308 g/mol. The lowest BCUT2D eigenvalue weighted by Crippen LogP contribution is -2.36. The Kier molecular flexibility index (Phi) is 4.33. The van der Waals surface area contributed by atoms with E-state index in [1.165, 1.54) is 4.90 Å². The fourth-order valence-corrected chi connectivity index (χ4v) is 2.23. The summed E-state index contributed by atoms with van der Waals surface area (Å²) in [5.74, 6) is -0.252. The molecule has 0 spiro atoms. The molecule has 2 aromatic carbocycles. The summed E-state index contributed by atoms with van der Waals surface area (Å²) < 4.78 is 0. The number of hydrazone groups is 1. The Morgan fingerprint density at radius 3 is 2.30 bits per heavy atom. The van der Waals surface area contributed by atoms with Crippen LogP contribution < -0.4 is 10.7 Å². The van der Waals surface area contributed by atoms with E-state index in [0.717, 1.165) is 11.3 Å². The van der Waals surface area contributed by atoms with Gasteiger partial charge in [0.1, 0.15) is 0 Å². The first-order chi connectivity index (χ1) is 11.2. The zero-order chi connectivity index (χ0) is 16.1. The van der Waals surface area contributed by atoms with E-state index in [1.54, 1.807) is 0 Å².